The monoisotopic (exact) mass is 352 g/mol. The van der Waals surface area contributed by atoms with Gasteiger partial charge in [-0.05, 0) is 68.9 Å². The van der Waals surface area contributed by atoms with Crippen molar-refractivity contribution in [2.24, 2.45) is 0 Å². The molecule has 0 unspecified atom stereocenters. The van der Waals surface area contributed by atoms with Crippen molar-refractivity contribution >= 4 is 11.7 Å². The standard InChI is InChI=1S/C20H24N4O2/c1-12-9-14-10-15(7-8-18(14)26-12)23-20(25)21-11-19-22-13(2)16-5-3-4-6-17(16)24-19/h7-8,10,12H,3-6,9,11H2,1-2H3,(H2,21,23,25)/t12-/m1/s1. The molecule has 2 heterocycles. The van der Waals surface area contributed by atoms with Crippen molar-refractivity contribution in [3.05, 3.63) is 46.5 Å². The summed E-state index contributed by atoms with van der Waals surface area (Å²) in [6.45, 7) is 4.40. The number of hydrogen-bond donors (Lipinski definition) is 2. The van der Waals surface area contributed by atoms with Gasteiger partial charge in [0, 0.05) is 23.5 Å². The summed E-state index contributed by atoms with van der Waals surface area (Å²) in [7, 11) is 0. The first kappa shape index (κ1) is 16.8. The lowest BCUT2D eigenvalue weighted by atomic mass is 9.95. The average molecular weight is 352 g/mol. The van der Waals surface area contributed by atoms with E-state index in [4.69, 9.17) is 4.74 Å². The summed E-state index contributed by atoms with van der Waals surface area (Å²) in [6, 6.07) is 5.48. The number of fused-ring (bicyclic) bond motifs is 2. The summed E-state index contributed by atoms with van der Waals surface area (Å²) in [5, 5.41) is 5.72. The first-order valence-electron chi connectivity index (χ1n) is 9.28. The molecule has 4 rings (SSSR count). The highest BCUT2D eigenvalue weighted by Gasteiger charge is 2.19. The number of nitrogens with zero attached hydrogens (tertiary/aromatic N) is 2. The number of benzene rings is 1. The highest BCUT2D eigenvalue weighted by molar-refractivity contribution is 5.89. The van der Waals surface area contributed by atoms with Crippen molar-refractivity contribution in [1.29, 1.82) is 0 Å². The maximum Gasteiger partial charge on any atom is 0.319 e. The minimum atomic E-state index is -0.254. The number of amides is 2. The quantitative estimate of drug-likeness (QED) is 0.888. The smallest absolute Gasteiger partial charge is 0.319 e. The zero-order valence-corrected chi connectivity index (χ0v) is 15.3. The Morgan fingerprint density at radius 1 is 1.27 bits per heavy atom. The highest BCUT2D eigenvalue weighted by Crippen LogP contribution is 2.30. The number of aryl methyl sites for hydroxylation is 2. The average Bonchev–Trinajstić information content (AvgIpc) is 2.99. The Balaban J connectivity index is 1.37. The van der Waals surface area contributed by atoms with Crippen LogP contribution >= 0.6 is 0 Å². The van der Waals surface area contributed by atoms with Crippen LogP contribution in [0.15, 0.2) is 18.2 Å². The van der Waals surface area contributed by atoms with Crippen LogP contribution in [0.5, 0.6) is 5.75 Å². The van der Waals surface area contributed by atoms with Crippen molar-refractivity contribution in [2.75, 3.05) is 5.32 Å². The molecule has 26 heavy (non-hydrogen) atoms. The van der Waals surface area contributed by atoms with E-state index in [0.717, 1.165) is 47.7 Å². The van der Waals surface area contributed by atoms with Gasteiger partial charge in [-0.15, -0.1) is 0 Å². The van der Waals surface area contributed by atoms with Gasteiger partial charge in [0.05, 0.1) is 6.54 Å². The van der Waals surface area contributed by atoms with Gasteiger partial charge < -0.3 is 15.4 Å². The number of aromatic nitrogens is 2. The van der Waals surface area contributed by atoms with Crippen LogP contribution in [0.4, 0.5) is 10.5 Å². The predicted octanol–water partition coefficient (Wildman–Crippen LogP) is 3.31. The van der Waals surface area contributed by atoms with Gasteiger partial charge in [-0.2, -0.15) is 0 Å². The number of nitrogens with one attached hydrogen (secondary N) is 2. The van der Waals surface area contributed by atoms with Crippen LogP contribution < -0.4 is 15.4 Å². The molecule has 1 atom stereocenters. The van der Waals surface area contributed by atoms with E-state index >= 15 is 0 Å². The third kappa shape index (κ3) is 3.49. The number of hydrogen-bond acceptors (Lipinski definition) is 4. The molecule has 2 aliphatic rings. The molecule has 2 N–H and O–H groups in total. The molecule has 6 heteroatoms. The summed E-state index contributed by atoms with van der Waals surface area (Å²) in [5.74, 6) is 1.58. The number of ether oxygens (including phenoxy) is 1. The molecule has 6 nitrogen and oxygen atoms in total. The number of carbonyl (C=O) groups excluding carboxylic acids is 1. The van der Waals surface area contributed by atoms with Crippen LogP contribution in [0.2, 0.25) is 0 Å². The second-order valence-electron chi connectivity index (χ2n) is 7.12. The molecule has 1 aromatic carbocycles. The van der Waals surface area contributed by atoms with Gasteiger partial charge in [0.25, 0.3) is 0 Å². The SMILES string of the molecule is Cc1nc(CNC(=O)Nc2ccc3c(c2)C[C@@H](C)O3)nc2c1CCCC2. The molecule has 136 valence electrons. The molecule has 1 aliphatic heterocycles. The maximum atomic E-state index is 12.2. The van der Waals surface area contributed by atoms with Crippen molar-refractivity contribution < 1.29 is 9.53 Å². The molecule has 0 bridgehead atoms. The van der Waals surface area contributed by atoms with Gasteiger partial charge in [0.1, 0.15) is 17.7 Å². The van der Waals surface area contributed by atoms with E-state index < -0.39 is 0 Å². The van der Waals surface area contributed by atoms with E-state index in [1.165, 1.54) is 18.4 Å². The van der Waals surface area contributed by atoms with Crippen LogP contribution in [0, 0.1) is 6.92 Å². The lowest BCUT2D eigenvalue weighted by Gasteiger charge is -2.17. The number of anilines is 1. The van der Waals surface area contributed by atoms with Gasteiger partial charge >= 0.3 is 6.03 Å². The Labute approximate surface area is 153 Å². The fourth-order valence-electron chi connectivity index (χ4n) is 3.76. The fourth-order valence-corrected chi connectivity index (χ4v) is 3.76. The minimum absolute atomic E-state index is 0.193. The van der Waals surface area contributed by atoms with Crippen molar-refractivity contribution in [1.82, 2.24) is 15.3 Å². The van der Waals surface area contributed by atoms with Gasteiger partial charge in [-0.1, -0.05) is 0 Å². The molecule has 2 amide bonds. The van der Waals surface area contributed by atoms with E-state index in [0.29, 0.717) is 12.4 Å². The minimum Gasteiger partial charge on any atom is -0.490 e. The molecule has 1 aromatic heterocycles. The highest BCUT2D eigenvalue weighted by atomic mass is 16.5. The van der Waals surface area contributed by atoms with Gasteiger partial charge in [-0.3, -0.25) is 0 Å². The lowest BCUT2D eigenvalue weighted by Crippen LogP contribution is -2.29. The Morgan fingerprint density at radius 2 is 2.12 bits per heavy atom. The molecule has 0 saturated heterocycles. The summed E-state index contributed by atoms with van der Waals surface area (Å²) in [5.41, 5.74) is 5.37. The molecule has 2 aromatic rings. The van der Waals surface area contributed by atoms with Gasteiger partial charge in [0.2, 0.25) is 0 Å². The van der Waals surface area contributed by atoms with E-state index in [9.17, 15) is 4.79 Å². The molecule has 1 aliphatic carbocycles. The first-order chi connectivity index (χ1) is 12.6. The molecule has 0 saturated carbocycles. The Morgan fingerprint density at radius 3 is 3.00 bits per heavy atom. The molecular weight excluding hydrogens is 328 g/mol. The van der Waals surface area contributed by atoms with Crippen molar-refractivity contribution in [3.8, 4) is 5.75 Å². The summed E-state index contributed by atoms with van der Waals surface area (Å²) in [6.07, 6.45) is 5.52. The van der Waals surface area contributed by atoms with Crippen LogP contribution in [-0.4, -0.2) is 22.1 Å². The van der Waals surface area contributed by atoms with Crippen LogP contribution in [0.25, 0.3) is 0 Å². The third-order valence-corrected chi connectivity index (χ3v) is 5.00. The normalized spacial score (nSPS) is 17.8. The topological polar surface area (TPSA) is 76.1 Å². The second kappa shape index (κ2) is 6.94. The largest absolute Gasteiger partial charge is 0.490 e. The third-order valence-electron chi connectivity index (χ3n) is 5.00. The Bertz CT molecular complexity index is 850. The van der Waals surface area contributed by atoms with E-state index in [1.54, 1.807) is 0 Å². The lowest BCUT2D eigenvalue weighted by molar-refractivity contribution is 0.251. The summed E-state index contributed by atoms with van der Waals surface area (Å²) >= 11 is 0. The van der Waals surface area contributed by atoms with E-state index in [-0.39, 0.29) is 12.1 Å². The molecular formula is C20H24N4O2. The molecule has 0 spiro atoms. The van der Waals surface area contributed by atoms with E-state index in [2.05, 4.69) is 20.6 Å². The van der Waals surface area contributed by atoms with Crippen LogP contribution in [-0.2, 0) is 25.8 Å². The zero-order valence-electron chi connectivity index (χ0n) is 15.3. The van der Waals surface area contributed by atoms with Crippen molar-refractivity contribution in [2.45, 2.75) is 58.6 Å². The van der Waals surface area contributed by atoms with Crippen LogP contribution in [0.3, 0.4) is 0 Å². The molecule has 0 fully saturated rings. The first-order valence-corrected chi connectivity index (χ1v) is 9.28. The number of carbonyl (C=O) groups is 1. The number of urea groups is 1. The fraction of sp³-hybridized carbons (Fsp3) is 0.450. The van der Waals surface area contributed by atoms with Gasteiger partial charge in [-0.25, -0.2) is 14.8 Å². The van der Waals surface area contributed by atoms with Crippen molar-refractivity contribution in [3.63, 3.8) is 0 Å². The summed E-state index contributed by atoms with van der Waals surface area (Å²) in [4.78, 5) is 21.4. The van der Waals surface area contributed by atoms with Gasteiger partial charge in [0.15, 0.2) is 0 Å². The Kier molecular flexibility index (Phi) is 4.49. The molecule has 0 radical (unpaired) electrons. The van der Waals surface area contributed by atoms with Crippen LogP contribution in [0.1, 0.15) is 48.1 Å². The predicted molar refractivity (Wildman–Crippen MR) is 99.5 cm³/mol. The van der Waals surface area contributed by atoms with E-state index in [1.807, 2.05) is 32.0 Å². The second-order valence-corrected chi connectivity index (χ2v) is 7.12. The maximum absolute atomic E-state index is 12.2. The summed E-state index contributed by atoms with van der Waals surface area (Å²) < 4.78 is 5.68. The Hall–Kier alpha value is -2.63. The zero-order chi connectivity index (χ0) is 18.1. The number of rotatable bonds is 3.